The van der Waals surface area contributed by atoms with Crippen LogP contribution in [0.25, 0.3) is 0 Å². The predicted octanol–water partition coefficient (Wildman–Crippen LogP) is 1.24. The fourth-order valence-corrected chi connectivity index (χ4v) is 1.95. The number of nitrogens with one attached hydrogen (secondary N) is 2. The Hall–Kier alpha value is -2.83. The van der Waals surface area contributed by atoms with Crippen molar-refractivity contribution in [2.75, 3.05) is 11.9 Å². The molecule has 2 amide bonds. The van der Waals surface area contributed by atoms with Gasteiger partial charge in [-0.3, -0.25) is 9.59 Å². The van der Waals surface area contributed by atoms with Crippen molar-refractivity contribution in [1.29, 1.82) is 0 Å². The summed E-state index contributed by atoms with van der Waals surface area (Å²) in [4.78, 5) is 27.3. The smallest absolute Gasteiger partial charge is 0.262 e. The lowest BCUT2D eigenvalue weighted by molar-refractivity contribution is -0.118. The van der Waals surface area contributed by atoms with Gasteiger partial charge in [0.15, 0.2) is 6.61 Å². The predicted molar refractivity (Wildman–Crippen MR) is 73.0 cm³/mol. The number of nitrogens with zero attached hydrogens (tertiary/aromatic N) is 1. The normalized spacial score (nSPS) is 13.1. The van der Waals surface area contributed by atoms with Gasteiger partial charge in [0, 0.05) is 6.20 Å². The molecule has 7 nitrogen and oxygen atoms in total. The molecule has 1 aliphatic rings. The molecule has 2 N–H and O–H groups in total. The van der Waals surface area contributed by atoms with E-state index in [1.54, 1.807) is 6.07 Å². The third-order valence-corrected chi connectivity index (χ3v) is 2.95. The Balaban J connectivity index is 1.70. The summed E-state index contributed by atoms with van der Waals surface area (Å²) in [7, 11) is 0. The van der Waals surface area contributed by atoms with Crippen LogP contribution in [0.2, 0.25) is 0 Å². The molecule has 0 saturated heterocycles. The van der Waals surface area contributed by atoms with Crippen LogP contribution in [0.4, 0.5) is 5.69 Å². The number of aryl methyl sites for hydroxylation is 1. The zero-order valence-corrected chi connectivity index (χ0v) is 11.3. The molecular formula is C14H13N3O4. The van der Waals surface area contributed by atoms with E-state index in [9.17, 15) is 9.59 Å². The molecule has 3 rings (SSSR count). The number of hydrogen-bond donors (Lipinski definition) is 2. The van der Waals surface area contributed by atoms with Crippen molar-refractivity contribution in [3.63, 3.8) is 0 Å². The minimum atomic E-state index is -0.306. The number of furan rings is 1. The average molecular weight is 287 g/mol. The van der Waals surface area contributed by atoms with Crippen LogP contribution >= 0.6 is 0 Å². The van der Waals surface area contributed by atoms with Crippen molar-refractivity contribution < 1.29 is 18.7 Å². The molecule has 0 atom stereocenters. The Labute approximate surface area is 120 Å². The summed E-state index contributed by atoms with van der Waals surface area (Å²) in [6.45, 7) is 2.05. The number of pyridine rings is 1. The molecule has 0 radical (unpaired) electrons. The maximum atomic E-state index is 12.0. The third-order valence-electron chi connectivity index (χ3n) is 2.95. The van der Waals surface area contributed by atoms with Gasteiger partial charge in [0.25, 0.3) is 11.8 Å². The fraction of sp³-hybridized carbons (Fsp3) is 0.214. The van der Waals surface area contributed by atoms with Crippen LogP contribution in [-0.2, 0) is 11.3 Å². The lowest BCUT2D eigenvalue weighted by atomic mass is 10.2. The van der Waals surface area contributed by atoms with E-state index in [0.717, 1.165) is 5.76 Å². The number of carbonyl (C=O) groups excluding carboxylic acids is 2. The monoisotopic (exact) mass is 287 g/mol. The summed E-state index contributed by atoms with van der Waals surface area (Å²) >= 11 is 0. The molecule has 0 spiro atoms. The van der Waals surface area contributed by atoms with E-state index in [0.29, 0.717) is 22.9 Å². The third kappa shape index (κ3) is 2.86. The van der Waals surface area contributed by atoms with Crippen molar-refractivity contribution in [2.24, 2.45) is 0 Å². The van der Waals surface area contributed by atoms with Gasteiger partial charge in [0.1, 0.15) is 17.2 Å². The van der Waals surface area contributed by atoms with Gasteiger partial charge in [-0.15, -0.1) is 0 Å². The van der Waals surface area contributed by atoms with Crippen LogP contribution < -0.4 is 15.4 Å². The minimum Gasteiger partial charge on any atom is -0.466 e. The average Bonchev–Trinajstić information content (AvgIpc) is 2.89. The molecule has 7 heteroatoms. The summed E-state index contributed by atoms with van der Waals surface area (Å²) in [5, 5.41) is 5.33. The zero-order valence-electron chi connectivity index (χ0n) is 11.3. The van der Waals surface area contributed by atoms with E-state index in [4.69, 9.17) is 9.15 Å². The van der Waals surface area contributed by atoms with Gasteiger partial charge in [-0.2, -0.15) is 0 Å². The van der Waals surface area contributed by atoms with Crippen LogP contribution in [0.15, 0.2) is 28.8 Å². The highest BCUT2D eigenvalue weighted by Gasteiger charge is 2.19. The minimum absolute atomic E-state index is 0.0661. The molecule has 1 aliphatic heterocycles. The number of hydrogen-bond acceptors (Lipinski definition) is 5. The molecule has 2 aromatic heterocycles. The Kier molecular flexibility index (Phi) is 3.31. The van der Waals surface area contributed by atoms with E-state index in [1.165, 1.54) is 12.3 Å². The van der Waals surface area contributed by atoms with Crippen molar-refractivity contribution in [1.82, 2.24) is 10.3 Å². The van der Waals surface area contributed by atoms with Gasteiger partial charge in [-0.25, -0.2) is 4.98 Å². The second kappa shape index (κ2) is 5.28. The van der Waals surface area contributed by atoms with Gasteiger partial charge < -0.3 is 19.8 Å². The van der Waals surface area contributed by atoms with Gasteiger partial charge in [-0.05, 0) is 25.1 Å². The SMILES string of the molecule is Cc1ccc(CNC(=O)c2cnc3c(c2)NC(=O)CO3)o1. The zero-order chi connectivity index (χ0) is 14.8. The summed E-state index contributed by atoms with van der Waals surface area (Å²) in [5.74, 6) is 1.19. The number of ether oxygens (including phenoxy) is 1. The number of rotatable bonds is 3. The molecule has 0 saturated carbocycles. The van der Waals surface area contributed by atoms with Gasteiger partial charge in [-0.1, -0.05) is 0 Å². The number of fused-ring (bicyclic) bond motifs is 1. The van der Waals surface area contributed by atoms with Crippen molar-refractivity contribution in [3.8, 4) is 5.88 Å². The molecule has 108 valence electrons. The number of carbonyl (C=O) groups is 2. The largest absolute Gasteiger partial charge is 0.466 e. The van der Waals surface area contributed by atoms with Crippen LogP contribution in [0.1, 0.15) is 21.9 Å². The summed E-state index contributed by atoms with van der Waals surface area (Å²) in [5.41, 5.74) is 0.732. The lowest BCUT2D eigenvalue weighted by Gasteiger charge is -2.17. The first-order valence-corrected chi connectivity index (χ1v) is 6.38. The molecule has 0 aromatic carbocycles. The quantitative estimate of drug-likeness (QED) is 0.886. The number of aromatic nitrogens is 1. The van der Waals surface area contributed by atoms with Crippen LogP contribution in [0.3, 0.4) is 0 Å². The van der Waals surface area contributed by atoms with E-state index < -0.39 is 0 Å². The molecular weight excluding hydrogens is 274 g/mol. The highest BCUT2D eigenvalue weighted by atomic mass is 16.5. The second-order valence-corrected chi connectivity index (χ2v) is 4.61. The van der Waals surface area contributed by atoms with E-state index >= 15 is 0 Å². The number of amides is 2. The molecule has 21 heavy (non-hydrogen) atoms. The second-order valence-electron chi connectivity index (χ2n) is 4.61. The van der Waals surface area contributed by atoms with Crippen LogP contribution in [-0.4, -0.2) is 23.4 Å². The summed E-state index contributed by atoms with van der Waals surface area (Å²) in [6, 6.07) is 5.16. The highest BCUT2D eigenvalue weighted by Crippen LogP contribution is 2.25. The van der Waals surface area contributed by atoms with E-state index in [-0.39, 0.29) is 25.0 Å². The first-order valence-electron chi connectivity index (χ1n) is 6.38. The van der Waals surface area contributed by atoms with Gasteiger partial charge in [0.2, 0.25) is 5.88 Å². The molecule has 0 bridgehead atoms. The Bertz CT molecular complexity index is 708. The summed E-state index contributed by atoms with van der Waals surface area (Å²) in [6.07, 6.45) is 1.40. The van der Waals surface area contributed by atoms with E-state index in [2.05, 4.69) is 15.6 Å². The van der Waals surface area contributed by atoms with Gasteiger partial charge >= 0.3 is 0 Å². The maximum Gasteiger partial charge on any atom is 0.262 e. The lowest BCUT2D eigenvalue weighted by Crippen LogP contribution is -2.27. The first-order chi connectivity index (χ1) is 10.1. The molecule has 0 fully saturated rings. The highest BCUT2D eigenvalue weighted by molar-refractivity contribution is 5.99. The Morgan fingerprint density at radius 2 is 2.33 bits per heavy atom. The van der Waals surface area contributed by atoms with Crippen LogP contribution in [0, 0.1) is 6.92 Å². The number of anilines is 1. The first kappa shape index (κ1) is 13.2. The van der Waals surface area contributed by atoms with Crippen molar-refractivity contribution >= 4 is 17.5 Å². The molecule has 0 aliphatic carbocycles. The molecule has 0 unspecified atom stereocenters. The van der Waals surface area contributed by atoms with Crippen molar-refractivity contribution in [2.45, 2.75) is 13.5 Å². The maximum absolute atomic E-state index is 12.0. The Morgan fingerprint density at radius 1 is 1.48 bits per heavy atom. The van der Waals surface area contributed by atoms with Crippen molar-refractivity contribution in [3.05, 3.63) is 41.5 Å². The van der Waals surface area contributed by atoms with Crippen LogP contribution in [0.5, 0.6) is 5.88 Å². The molecule has 2 aromatic rings. The van der Waals surface area contributed by atoms with E-state index in [1.807, 2.05) is 13.0 Å². The molecule has 3 heterocycles. The standard InChI is InChI=1S/C14H13N3O4/c1-8-2-3-10(21-8)6-15-13(19)9-4-11-14(16-5-9)20-7-12(18)17-11/h2-5H,6-7H2,1H3,(H,15,19)(H,17,18). The Morgan fingerprint density at radius 3 is 3.10 bits per heavy atom. The van der Waals surface area contributed by atoms with Gasteiger partial charge in [0.05, 0.1) is 12.1 Å². The topological polar surface area (TPSA) is 93.5 Å². The fourth-order valence-electron chi connectivity index (χ4n) is 1.95. The summed E-state index contributed by atoms with van der Waals surface area (Å²) < 4.78 is 10.5.